The molecule has 4 rings (SSSR count). The average molecular weight is 316 g/mol. The first-order valence-corrected chi connectivity index (χ1v) is 8.46. The van der Waals surface area contributed by atoms with Gasteiger partial charge in [-0.25, -0.2) is 0 Å². The van der Waals surface area contributed by atoms with Crippen molar-refractivity contribution in [2.75, 3.05) is 6.54 Å². The summed E-state index contributed by atoms with van der Waals surface area (Å²) in [5.74, 6) is -0.0403. The van der Waals surface area contributed by atoms with Gasteiger partial charge in [-0.2, -0.15) is 0 Å². The molecule has 3 aromatic rings. The molecule has 0 unspecified atom stereocenters. The molecule has 3 heteroatoms. The van der Waals surface area contributed by atoms with E-state index in [1.54, 1.807) is 6.20 Å². The molecular formula is C21H20N2O. The number of benzene rings is 2. The van der Waals surface area contributed by atoms with Gasteiger partial charge >= 0.3 is 0 Å². The molecule has 0 aliphatic heterocycles. The van der Waals surface area contributed by atoms with Crippen molar-refractivity contribution < 1.29 is 4.79 Å². The molecule has 1 N–H and O–H groups in total. The highest BCUT2D eigenvalue weighted by Crippen LogP contribution is 2.43. The molecule has 2 aromatic carbocycles. The van der Waals surface area contributed by atoms with Crippen LogP contribution in [0.25, 0.3) is 10.9 Å². The lowest BCUT2D eigenvalue weighted by Crippen LogP contribution is -2.45. The van der Waals surface area contributed by atoms with Gasteiger partial charge in [0.05, 0.1) is 11.1 Å². The van der Waals surface area contributed by atoms with Gasteiger partial charge in [-0.15, -0.1) is 0 Å². The second-order valence-corrected chi connectivity index (χ2v) is 6.56. The van der Waals surface area contributed by atoms with E-state index in [2.05, 4.69) is 34.6 Å². The Labute approximate surface area is 141 Å². The van der Waals surface area contributed by atoms with Crippen molar-refractivity contribution in [1.82, 2.24) is 10.3 Å². The molecule has 1 aliphatic carbocycles. The summed E-state index contributed by atoms with van der Waals surface area (Å²) < 4.78 is 0. The standard InChI is InChI=1S/C21H20N2O/c24-20(18-11-4-7-16-8-5-14-22-19(16)18)23-15-21(12-6-13-21)17-9-2-1-3-10-17/h1-5,7-11,14H,6,12-13,15H2,(H,23,24). The number of rotatable bonds is 4. The third-order valence-corrected chi connectivity index (χ3v) is 5.16. The summed E-state index contributed by atoms with van der Waals surface area (Å²) in [5.41, 5.74) is 2.83. The SMILES string of the molecule is O=C(NCC1(c2ccccc2)CCC1)c1cccc2cccnc12. The van der Waals surface area contributed by atoms with Crippen molar-refractivity contribution in [1.29, 1.82) is 0 Å². The van der Waals surface area contributed by atoms with Crippen molar-refractivity contribution in [3.8, 4) is 0 Å². The second kappa shape index (κ2) is 6.08. The summed E-state index contributed by atoms with van der Waals surface area (Å²) in [6.45, 7) is 0.680. The van der Waals surface area contributed by atoms with Crippen LogP contribution in [0.15, 0.2) is 66.9 Å². The Kier molecular flexibility index (Phi) is 3.77. The van der Waals surface area contributed by atoms with Crippen LogP contribution in [0.1, 0.15) is 35.2 Å². The molecule has 1 fully saturated rings. The van der Waals surface area contributed by atoms with E-state index in [1.807, 2.05) is 36.4 Å². The van der Waals surface area contributed by atoms with Crippen LogP contribution in [0.4, 0.5) is 0 Å². The van der Waals surface area contributed by atoms with Gasteiger partial charge in [0.1, 0.15) is 0 Å². The second-order valence-electron chi connectivity index (χ2n) is 6.56. The summed E-state index contributed by atoms with van der Waals surface area (Å²) in [6, 6.07) is 20.1. The number of pyridine rings is 1. The van der Waals surface area contributed by atoms with Gasteiger partial charge in [-0.3, -0.25) is 9.78 Å². The summed E-state index contributed by atoms with van der Waals surface area (Å²) in [5, 5.41) is 4.15. The highest BCUT2D eigenvalue weighted by atomic mass is 16.1. The number of fused-ring (bicyclic) bond motifs is 1. The Hall–Kier alpha value is -2.68. The zero-order valence-corrected chi connectivity index (χ0v) is 13.5. The predicted octanol–water partition coefficient (Wildman–Crippen LogP) is 4.09. The molecule has 1 amide bonds. The summed E-state index contributed by atoms with van der Waals surface area (Å²) in [4.78, 5) is 17.1. The first-order valence-electron chi connectivity index (χ1n) is 8.46. The lowest BCUT2D eigenvalue weighted by atomic mass is 9.64. The largest absolute Gasteiger partial charge is 0.351 e. The van der Waals surface area contributed by atoms with Crippen LogP contribution in [-0.4, -0.2) is 17.4 Å². The lowest BCUT2D eigenvalue weighted by molar-refractivity contribution is 0.0929. The van der Waals surface area contributed by atoms with E-state index in [0.717, 1.165) is 23.7 Å². The van der Waals surface area contributed by atoms with Gasteiger partial charge in [0.15, 0.2) is 0 Å². The molecule has 24 heavy (non-hydrogen) atoms. The van der Waals surface area contributed by atoms with Crippen molar-refractivity contribution in [3.63, 3.8) is 0 Å². The van der Waals surface area contributed by atoms with E-state index < -0.39 is 0 Å². The third kappa shape index (κ3) is 2.56. The smallest absolute Gasteiger partial charge is 0.253 e. The molecule has 1 aromatic heterocycles. The normalized spacial score (nSPS) is 15.7. The highest BCUT2D eigenvalue weighted by molar-refractivity contribution is 6.05. The van der Waals surface area contributed by atoms with Crippen molar-refractivity contribution in [3.05, 3.63) is 78.0 Å². The zero-order chi connectivity index (χ0) is 16.4. The molecule has 0 atom stereocenters. The molecule has 0 bridgehead atoms. The van der Waals surface area contributed by atoms with Crippen molar-refractivity contribution in [2.24, 2.45) is 0 Å². The average Bonchev–Trinajstić information content (AvgIpc) is 2.61. The maximum absolute atomic E-state index is 12.7. The van der Waals surface area contributed by atoms with Crippen molar-refractivity contribution >= 4 is 16.8 Å². The van der Waals surface area contributed by atoms with Crippen LogP contribution < -0.4 is 5.32 Å². The van der Waals surface area contributed by atoms with Gasteiger partial charge in [-0.05, 0) is 30.5 Å². The Balaban J connectivity index is 1.56. The van der Waals surface area contributed by atoms with Crippen LogP contribution in [0.2, 0.25) is 0 Å². The minimum Gasteiger partial charge on any atom is -0.351 e. The molecule has 1 aliphatic rings. The Morgan fingerprint density at radius 3 is 2.54 bits per heavy atom. The number of carbonyl (C=O) groups excluding carboxylic acids is 1. The summed E-state index contributed by atoms with van der Waals surface area (Å²) in [7, 11) is 0. The minimum atomic E-state index is -0.0403. The molecule has 3 nitrogen and oxygen atoms in total. The van der Waals surface area contributed by atoms with E-state index in [0.29, 0.717) is 12.1 Å². The maximum atomic E-state index is 12.7. The number of hydrogen-bond donors (Lipinski definition) is 1. The predicted molar refractivity (Wildman–Crippen MR) is 96.0 cm³/mol. The fourth-order valence-corrected chi connectivity index (χ4v) is 3.59. The first-order chi connectivity index (χ1) is 11.8. The number of aromatic nitrogens is 1. The minimum absolute atomic E-state index is 0.0403. The van der Waals surface area contributed by atoms with Crippen molar-refractivity contribution in [2.45, 2.75) is 24.7 Å². The molecule has 0 spiro atoms. The van der Waals surface area contributed by atoms with Crippen LogP contribution in [0.5, 0.6) is 0 Å². The zero-order valence-electron chi connectivity index (χ0n) is 13.5. The fourth-order valence-electron chi connectivity index (χ4n) is 3.59. The van der Waals surface area contributed by atoms with E-state index >= 15 is 0 Å². The highest BCUT2D eigenvalue weighted by Gasteiger charge is 2.38. The lowest BCUT2D eigenvalue weighted by Gasteiger charge is -2.42. The number of hydrogen-bond acceptors (Lipinski definition) is 2. The van der Waals surface area contributed by atoms with Crippen LogP contribution in [0.3, 0.4) is 0 Å². The quantitative estimate of drug-likeness (QED) is 0.788. The van der Waals surface area contributed by atoms with Gasteiger partial charge in [0, 0.05) is 23.5 Å². The maximum Gasteiger partial charge on any atom is 0.253 e. The molecule has 0 radical (unpaired) electrons. The Bertz CT molecular complexity index is 864. The monoisotopic (exact) mass is 316 g/mol. The van der Waals surface area contributed by atoms with E-state index in [4.69, 9.17) is 0 Å². The first kappa shape index (κ1) is 14.9. The molecular weight excluding hydrogens is 296 g/mol. The number of nitrogens with zero attached hydrogens (tertiary/aromatic N) is 1. The Morgan fingerprint density at radius 1 is 1.00 bits per heavy atom. The number of nitrogens with one attached hydrogen (secondary N) is 1. The number of para-hydroxylation sites is 1. The van der Waals surface area contributed by atoms with Crippen LogP contribution in [-0.2, 0) is 5.41 Å². The van der Waals surface area contributed by atoms with Gasteiger partial charge in [0.25, 0.3) is 5.91 Å². The van der Waals surface area contributed by atoms with Crippen LogP contribution in [0, 0.1) is 0 Å². The molecule has 120 valence electrons. The summed E-state index contributed by atoms with van der Waals surface area (Å²) >= 11 is 0. The molecule has 0 saturated heterocycles. The van der Waals surface area contributed by atoms with Gasteiger partial charge in [-0.1, -0.05) is 55.0 Å². The fraction of sp³-hybridized carbons (Fsp3) is 0.238. The van der Waals surface area contributed by atoms with Gasteiger partial charge < -0.3 is 5.32 Å². The van der Waals surface area contributed by atoms with Gasteiger partial charge in [0.2, 0.25) is 0 Å². The van der Waals surface area contributed by atoms with E-state index in [9.17, 15) is 4.79 Å². The third-order valence-electron chi connectivity index (χ3n) is 5.16. The number of carbonyl (C=O) groups is 1. The Morgan fingerprint density at radius 2 is 1.79 bits per heavy atom. The topological polar surface area (TPSA) is 42.0 Å². The van der Waals surface area contributed by atoms with Crippen LogP contribution >= 0.6 is 0 Å². The summed E-state index contributed by atoms with van der Waals surface area (Å²) in [6.07, 6.45) is 5.22. The molecule has 1 heterocycles. The van der Waals surface area contributed by atoms with E-state index in [1.165, 1.54) is 12.0 Å². The van der Waals surface area contributed by atoms with E-state index in [-0.39, 0.29) is 11.3 Å². The number of amides is 1. The molecule has 1 saturated carbocycles.